The lowest BCUT2D eigenvalue weighted by molar-refractivity contribution is -0.158. The van der Waals surface area contributed by atoms with Gasteiger partial charge in [-0.05, 0) is 80.5 Å². The summed E-state index contributed by atoms with van der Waals surface area (Å²) in [5.41, 5.74) is -0.157. The van der Waals surface area contributed by atoms with Crippen LogP contribution in [0.3, 0.4) is 0 Å². The van der Waals surface area contributed by atoms with Crippen LogP contribution in [-0.4, -0.2) is 58.7 Å². The third-order valence-electron chi connectivity index (χ3n) is 10.2. The van der Waals surface area contributed by atoms with Gasteiger partial charge in [0.05, 0.1) is 18.8 Å². The van der Waals surface area contributed by atoms with E-state index < -0.39 is 5.60 Å². The molecule has 0 aromatic heterocycles. The van der Waals surface area contributed by atoms with Gasteiger partial charge in [0.15, 0.2) is 0 Å². The Morgan fingerprint density at radius 1 is 0.821 bits per heavy atom. The number of aliphatic hydroxyl groups excluding tert-OH is 2. The molecule has 0 spiro atoms. The van der Waals surface area contributed by atoms with Gasteiger partial charge in [-0.2, -0.15) is 0 Å². The Labute approximate surface area is 171 Å². The highest BCUT2D eigenvalue weighted by atomic mass is 16.3. The number of fused-ring (bicyclic) bond motifs is 5. The lowest BCUT2D eigenvalue weighted by Gasteiger charge is -2.61. The Morgan fingerprint density at radius 2 is 1.54 bits per heavy atom. The average Bonchev–Trinajstić information content (AvgIpc) is 2.93. The number of hydrogen-bond acceptors (Lipinski definition) is 4. The zero-order valence-corrected chi connectivity index (χ0v) is 18.2. The first kappa shape index (κ1) is 21.1. The van der Waals surface area contributed by atoms with Gasteiger partial charge in [0, 0.05) is 25.0 Å². The molecule has 4 aliphatic carbocycles. The molecule has 4 rings (SSSR count). The third-order valence-corrected chi connectivity index (χ3v) is 10.2. The van der Waals surface area contributed by atoms with E-state index in [0.29, 0.717) is 31.0 Å². The number of nitrogens with zero attached hydrogens (tertiary/aromatic N) is 1. The van der Waals surface area contributed by atoms with E-state index in [1.165, 1.54) is 44.9 Å². The van der Waals surface area contributed by atoms with Crippen molar-refractivity contribution in [2.24, 2.45) is 34.5 Å². The van der Waals surface area contributed by atoms with Gasteiger partial charge in [-0.3, -0.25) is 4.90 Å². The van der Waals surface area contributed by atoms with Gasteiger partial charge in [-0.15, -0.1) is 0 Å². The highest BCUT2D eigenvalue weighted by molar-refractivity contribution is 5.14. The van der Waals surface area contributed by atoms with Crippen LogP contribution in [0.15, 0.2) is 0 Å². The van der Waals surface area contributed by atoms with E-state index in [-0.39, 0.29) is 18.6 Å². The van der Waals surface area contributed by atoms with E-state index in [1.807, 2.05) is 0 Å². The second-order valence-electron chi connectivity index (χ2n) is 11.2. The normalized spacial score (nSPS) is 48.2. The summed E-state index contributed by atoms with van der Waals surface area (Å²) in [6, 6.07) is 0. The molecule has 0 aromatic carbocycles. The Hall–Kier alpha value is -0.160. The van der Waals surface area contributed by atoms with Crippen LogP contribution in [0.25, 0.3) is 0 Å². The van der Waals surface area contributed by atoms with Crippen LogP contribution in [-0.2, 0) is 0 Å². The molecule has 0 unspecified atom stereocenters. The fraction of sp³-hybridized carbons (Fsp3) is 1.00. The van der Waals surface area contributed by atoms with Crippen molar-refractivity contribution in [2.75, 3.05) is 32.8 Å². The highest BCUT2D eigenvalue weighted by Crippen LogP contribution is 2.68. The van der Waals surface area contributed by atoms with Crippen molar-refractivity contribution >= 4 is 0 Å². The molecule has 28 heavy (non-hydrogen) atoms. The maximum Gasteiger partial charge on any atom is 0.0830 e. The van der Waals surface area contributed by atoms with E-state index in [4.69, 9.17) is 0 Å². The Balaban J connectivity index is 1.54. The molecule has 0 amide bonds. The van der Waals surface area contributed by atoms with Gasteiger partial charge in [-0.25, -0.2) is 0 Å². The molecular formula is C24H43NO3. The standard InChI is InChI=1S/C24H43NO3/c1-22-10-4-3-5-18(22)6-7-19-20(22)8-11-23(2)21(19)9-12-24(23,28)17-25(13-15-26)14-16-27/h18-21,26-28H,3-17H2,1-2H3/t18-,19+,20-,21+,22+,23+,24-/m0/s1. The van der Waals surface area contributed by atoms with E-state index in [0.717, 1.165) is 37.0 Å². The largest absolute Gasteiger partial charge is 0.395 e. The number of rotatable bonds is 6. The molecule has 4 fully saturated rings. The van der Waals surface area contributed by atoms with Crippen LogP contribution in [0.5, 0.6) is 0 Å². The van der Waals surface area contributed by atoms with Gasteiger partial charge < -0.3 is 15.3 Å². The van der Waals surface area contributed by atoms with Crippen LogP contribution in [0.4, 0.5) is 0 Å². The van der Waals surface area contributed by atoms with Crippen molar-refractivity contribution in [3.8, 4) is 0 Å². The molecule has 162 valence electrons. The fourth-order valence-corrected chi connectivity index (χ4v) is 8.59. The van der Waals surface area contributed by atoms with Crippen molar-refractivity contribution in [2.45, 2.75) is 83.7 Å². The summed E-state index contributed by atoms with van der Waals surface area (Å²) < 4.78 is 0. The summed E-state index contributed by atoms with van der Waals surface area (Å²) in [5, 5.41) is 30.7. The van der Waals surface area contributed by atoms with Crippen molar-refractivity contribution < 1.29 is 15.3 Å². The molecule has 0 aliphatic heterocycles. The first-order valence-electron chi connectivity index (χ1n) is 12.0. The zero-order valence-electron chi connectivity index (χ0n) is 18.2. The van der Waals surface area contributed by atoms with Crippen LogP contribution in [0.1, 0.15) is 78.1 Å². The van der Waals surface area contributed by atoms with Crippen molar-refractivity contribution in [1.29, 1.82) is 0 Å². The minimum Gasteiger partial charge on any atom is -0.395 e. The summed E-state index contributed by atoms with van der Waals surface area (Å²) in [7, 11) is 0. The summed E-state index contributed by atoms with van der Waals surface area (Å²) in [5.74, 6) is 3.23. The van der Waals surface area contributed by atoms with Crippen LogP contribution >= 0.6 is 0 Å². The van der Waals surface area contributed by atoms with Gasteiger partial charge in [0.1, 0.15) is 0 Å². The minimum atomic E-state index is -0.683. The van der Waals surface area contributed by atoms with Crippen LogP contribution in [0, 0.1) is 34.5 Å². The van der Waals surface area contributed by atoms with Crippen LogP contribution < -0.4 is 0 Å². The number of aliphatic hydroxyl groups is 3. The van der Waals surface area contributed by atoms with Crippen LogP contribution in [0.2, 0.25) is 0 Å². The molecule has 0 aromatic rings. The second kappa shape index (κ2) is 7.83. The molecule has 4 nitrogen and oxygen atoms in total. The molecule has 0 saturated heterocycles. The molecule has 7 atom stereocenters. The maximum atomic E-state index is 11.9. The van der Waals surface area contributed by atoms with E-state index in [1.54, 1.807) is 0 Å². The van der Waals surface area contributed by atoms with Gasteiger partial charge in [0.25, 0.3) is 0 Å². The first-order valence-corrected chi connectivity index (χ1v) is 12.0. The van der Waals surface area contributed by atoms with Gasteiger partial charge in [0.2, 0.25) is 0 Å². The monoisotopic (exact) mass is 393 g/mol. The summed E-state index contributed by atoms with van der Waals surface area (Å²) in [6.07, 6.45) is 13.0. The highest BCUT2D eigenvalue weighted by Gasteiger charge is 2.64. The third kappa shape index (κ3) is 3.18. The molecule has 4 heteroatoms. The first-order chi connectivity index (χ1) is 13.4. The molecule has 0 radical (unpaired) electrons. The maximum absolute atomic E-state index is 11.9. The minimum absolute atomic E-state index is 0.0187. The lowest BCUT2D eigenvalue weighted by atomic mass is 9.44. The Kier molecular flexibility index (Phi) is 5.90. The lowest BCUT2D eigenvalue weighted by Crippen LogP contribution is -2.59. The van der Waals surface area contributed by atoms with E-state index in [2.05, 4.69) is 18.7 Å². The summed E-state index contributed by atoms with van der Waals surface area (Å²) in [4.78, 5) is 2.07. The van der Waals surface area contributed by atoms with E-state index in [9.17, 15) is 15.3 Å². The Morgan fingerprint density at radius 3 is 2.25 bits per heavy atom. The molecular weight excluding hydrogens is 350 g/mol. The average molecular weight is 394 g/mol. The molecule has 3 N–H and O–H groups in total. The summed E-state index contributed by atoms with van der Waals surface area (Å²) in [6.45, 7) is 6.82. The molecule has 4 aliphatic rings. The predicted molar refractivity (Wildman–Crippen MR) is 112 cm³/mol. The smallest absolute Gasteiger partial charge is 0.0830 e. The fourth-order valence-electron chi connectivity index (χ4n) is 8.59. The molecule has 0 heterocycles. The SMILES string of the molecule is C[C@@]12CCCC[C@H]1CC[C@H]1[C@H]3CC[C@](O)(CN(CCO)CCO)[C@]3(C)CC[C@@H]12. The topological polar surface area (TPSA) is 63.9 Å². The quantitative estimate of drug-likeness (QED) is 0.647. The molecule has 4 saturated carbocycles. The van der Waals surface area contributed by atoms with Gasteiger partial charge >= 0.3 is 0 Å². The second-order valence-corrected chi connectivity index (χ2v) is 11.2. The summed E-state index contributed by atoms with van der Waals surface area (Å²) >= 11 is 0. The van der Waals surface area contributed by atoms with Crippen molar-refractivity contribution in [3.05, 3.63) is 0 Å². The number of hydrogen-bond donors (Lipinski definition) is 3. The van der Waals surface area contributed by atoms with Crippen molar-refractivity contribution in [1.82, 2.24) is 4.90 Å². The Bertz CT molecular complexity index is 550. The van der Waals surface area contributed by atoms with E-state index >= 15 is 0 Å². The zero-order chi connectivity index (χ0) is 20.0. The molecule has 0 bridgehead atoms. The predicted octanol–water partition coefficient (Wildman–Crippen LogP) is 3.44. The van der Waals surface area contributed by atoms with Crippen molar-refractivity contribution in [3.63, 3.8) is 0 Å². The van der Waals surface area contributed by atoms with Gasteiger partial charge in [-0.1, -0.05) is 26.7 Å².